The van der Waals surface area contributed by atoms with Crippen LogP contribution in [0.15, 0.2) is 30.3 Å². The fraction of sp³-hybridized carbons (Fsp3) is 0.409. The summed E-state index contributed by atoms with van der Waals surface area (Å²) in [6, 6.07) is 8.35. The Balaban J connectivity index is 1.64. The second-order valence-electron chi connectivity index (χ2n) is 7.66. The van der Waals surface area contributed by atoms with E-state index in [-0.39, 0.29) is 17.8 Å². The van der Waals surface area contributed by atoms with Gasteiger partial charge >= 0.3 is 0 Å². The summed E-state index contributed by atoms with van der Waals surface area (Å²) in [6.45, 7) is 6.33. The van der Waals surface area contributed by atoms with Gasteiger partial charge in [0.05, 0.1) is 11.7 Å². The number of carbonyl (C=O) groups excluding carboxylic acids is 1. The van der Waals surface area contributed by atoms with E-state index in [2.05, 4.69) is 15.4 Å². The average molecular weight is 397 g/mol. The maximum absolute atomic E-state index is 13.6. The maximum Gasteiger partial charge on any atom is 0.220 e. The molecule has 1 unspecified atom stereocenters. The van der Waals surface area contributed by atoms with Crippen LogP contribution in [0.25, 0.3) is 5.65 Å². The molecule has 1 N–H and O–H groups in total. The fourth-order valence-corrected chi connectivity index (χ4v) is 3.65. The molecule has 3 aromatic rings. The molecule has 1 aromatic carbocycles. The molecule has 154 valence electrons. The van der Waals surface area contributed by atoms with E-state index < -0.39 is 0 Å². The third kappa shape index (κ3) is 4.79. The summed E-state index contributed by atoms with van der Waals surface area (Å²) >= 11 is 0. The summed E-state index contributed by atoms with van der Waals surface area (Å²) in [5, 5.41) is 7.47. The number of carbonyl (C=O) groups is 1. The number of aryl methyl sites for hydroxylation is 3. The normalized spacial score (nSPS) is 12.5. The van der Waals surface area contributed by atoms with E-state index in [1.165, 1.54) is 12.1 Å². The van der Waals surface area contributed by atoms with Crippen LogP contribution in [0.4, 0.5) is 4.39 Å². The molecule has 0 aliphatic carbocycles. The van der Waals surface area contributed by atoms with Crippen LogP contribution in [-0.4, -0.2) is 46.0 Å². The molecule has 0 bridgehead atoms. The van der Waals surface area contributed by atoms with Crippen LogP contribution in [0.2, 0.25) is 0 Å². The van der Waals surface area contributed by atoms with Gasteiger partial charge in [-0.3, -0.25) is 4.79 Å². The summed E-state index contributed by atoms with van der Waals surface area (Å²) < 4.78 is 15.4. The summed E-state index contributed by atoms with van der Waals surface area (Å²) in [5.41, 5.74) is 5.57. The van der Waals surface area contributed by atoms with Crippen molar-refractivity contribution in [2.24, 2.45) is 0 Å². The van der Waals surface area contributed by atoms with Gasteiger partial charge < -0.3 is 10.2 Å². The Morgan fingerprint density at radius 3 is 2.69 bits per heavy atom. The molecule has 6 nitrogen and oxygen atoms in total. The molecule has 29 heavy (non-hydrogen) atoms. The zero-order valence-electron chi connectivity index (χ0n) is 17.7. The van der Waals surface area contributed by atoms with Crippen molar-refractivity contribution in [3.05, 3.63) is 64.4 Å². The molecule has 1 amide bonds. The summed E-state index contributed by atoms with van der Waals surface area (Å²) in [7, 11) is 3.84. The van der Waals surface area contributed by atoms with E-state index in [0.717, 1.165) is 33.9 Å². The van der Waals surface area contributed by atoms with E-state index in [4.69, 9.17) is 0 Å². The number of rotatable bonds is 7. The molecule has 0 spiro atoms. The van der Waals surface area contributed by atoms with Gasteiger partial charge in [-0.25, -0.2) is 13.9 Å². The highest BCUT2D eigenvalue weighted by molar-refractivity contribution is 5.76. The third-order valence-electron chi connectivity index (χ3n) is 5.24. The van der Waals surface area contributed by atoms with E-state index in [1.54, 1.807) is 6.07 Å². The van der Waals surface area contributed by atoms with Crippen molar-refractivity contribution in [2.45, 2.75) is 39.7 Å². The first-order chi connectivity index (χ1) is 13.8. The van der Waals surface area contributed by atoms with Crippen molar-refractivity contribution in [2.75, 3.05) is 20.6 Å². The van der Waals surface area contributed by atoms with E-state index in [1.807, 2.05) is 56.4 Å². The summed E-state index contributed by atoms with van der Waals surface area (Å²) in [4.78, 5) is 19.1. The van der Waals surface area contributed by atoms with Crippen LogP contribution in [0.1, 0.15) is 40.7 Å². The minimum Gasteiger partial charge on any atom is -0.354 e. The zero-order valence-corrected chi connectivity index (χ0v) is 17.7. The Bertz CT molecular complexity index is 1030. The quantitative estimate of drug-likeness (QED) is 0.665. The fourth-order valence-electron chi connectivity index (χ4n) is 3.65. The lowest BCUT2D eigenvalue weighted by atomic mass is 10.0. The molecule has 0 fully saturated rings. The first kappa shape index (κ1) is 20.9. The predicted molar refractivity (Wildman–Crippen MR) is 111 cm³/mol. The molecule has 0 radical (unpaired) electrons. The number of aromatic nitrogens is 3. The number of nitrogens with one attached hydrogen (secondary N) is 1. The van der Waals surface area contributed by atoms with Gasteiger partial charge in [-0.05, 0) is 64.5 Å². The van der Waals surface area contributed by atoms with E-state index in [0.29, 0.717) is 19.4 Å². The summed E-state index contributed by atoms with van der Waals surface area (Å²) in [6.07, 6.45) is 0.955. The van der Waals surface area contributed by atoms with Crippen molar-refractivity contribution in [3.8, 4) is 0 Å². The highest BCUT2D eigenvalue weighted by Gasteiger charge is 2.17. The second kappa shape index (κ2) is 8.69. The van der Waals surface area contributed by atoms with Crippen LogP contribution in [0.3, 0.4) is 0 Å². The molecule has 7 heteroatoms. The van der Waals surface area contributed by atoms with Crippen molar-refractivity contribution in [3.63, 3.8) is 0 Å². The van der Waals surface area contributed by atoms with Gasteiger partial charge in [0, 0.05) is 30.4 Å². The van der Waals surface area contributed by atoms with Gasteiger partial charge in [0.15, 0.2) is 5.65 Å². The topological polar surface area (TPSA) is 62.5 Å². The molecular formula is C22H28FN5O. The first-order valence-corrected chi connectivity index (χ1v) is 9.77. The van der Waals surface area contributed by atoms with Gasteiger partial charge in [-0.2, -0.15) is 5.10 Å². The molecule has 1 atom stereocenters. The molecule has 2 heterocycles. The van der Waals surface area contributed by atoms with Crippen molar-refractivity contribution in [1.82, 2.24) is 24.8 Å². The highest BCUT2D eigenvalue weighted by atomic mass is 19.1. The molecule has 3 rings (SSSR count). The molecule has 0 aliphatic rings. The third-order valence-corrected chi connectivity index (χ3v) is 5.24. The molecule has 2 aromatic heterocycles. The Hall–Kier alpha value is -2.80. The Morgan fingerprint density at radius 2 is 2.00 bits per heavy atom. The van der Waals surface area contributed by atoms with Gasteiger partial charge in [0.1, 0.15) is 5.82 Å². The lowest BCUT2D eigenvalue weighted by Gasteiger charge is -2.25. The van der Waals surface area contributed by atoms with Gasteiger partial charge in [0.25, 0.3) is 0 Å². The number of likely N-dealkylation sites (N-methyl/N-ethyl adjacent to an activating group) is 1. The van der Waals surface area contributed by atoms with Crippen molar-refractivity contribution < 1.29 is 9.18 Å². The minimum absolute atomic E-state index is 0.0382. The SMILES string of the molecule is Cc1cc2nc(C)c(CCC(=O)NCC(c3cccc(F)c3)N(C)C)c(C)n2n1. The van der Waals surface area contributed by atoms with Crippen LogP contribution in [0.5, 0.6) is 0 Å². The lowest BCUT2D eigenvalue weighted by molar-refractivity contribution is -0.121. The first-order valence-electron chi connectivity index (χ1n) is 9.77. The number of benzene rings is 1. The number of hydrogen-bond donors (Lipinski definition) is 1. The number of amides is 1. The largest absolute Gasteiger partial charge is 0.354 e. The Morgan fingerprint density at radius 1 is 1.24 bits per heavy atom. The van der Waals surface area contributed by atoms with Crippen molar-refractivity contribution >= 4 is 11.6 Å². The minimum atomic E-state index is -0.275. The lowest BCUT2D eigenvalue weighted by Crippen LogP contribution is -2.34. The standard InChI is InChI=1S/C22H28FN5O/c1-14-11-21-25-15(2)19(16(3)28(21)26-14)9-10-22(29)24-13-20(27(4)5)17-7-6-8-18(23)12-17/h6-8,11-12,20H,9-10,13H2,1-5H3,(H,24,29). The van der Waals surface area contributed by atoms with Crippen LogP contribution < -0.4 is 5.32 Å². The average Bonchev–Trinajstić information content (AvgIpc) is 3.02. The van der Waals surface area contributed by atoms with Crippen LogP contribution in [-0.2, 0) is 11.2 Å². The van der Waals surface area contributed by atoms with E-state index >= 15 is 0 Å². The maximum atomic E-state index is 13.6. The monoisotopic (exact) mass is 397 g/mol. The Kier molecular flexibility index (Phi) is 6.27. The van der Waals surface area contributed by atoms with Crippen LogP contribution in [0, 0.1) is 26.6 Å². The molecule has 0 saturated heterocycles. The highest BCUT2D eigenvalue weighted by Crippen LogP contribution is 2.19. The predicted octanol–water partition coefficient (Wildman–Crippen LogP) is 3.15. The molecule has 0 aliphatic heterocycles. The Labute approximate surface area is 170 Å². The molecule has 0 saturated carbocycles. The summed E-state index contributed by atoms with van der Waals surface area (Å²) in [5.74, 6) is -0.313. The van der Waals surface area contributed by atoms with Gasteiger partial charge in [-0.1, -0.05) is 12.1 Å². The number of halogens is 1. The van der Waals surface area contributed by atoms with Gasteiger partial charge in [-0.15, -0.1) is 0 Å². The van der Waals surface area contributed by atoms with Crippen LogP contribution >= 0.6 is 0 Å². The number of hydrogen-bond acceptors (Lipinski definition) is 4. The number of fused-ring (bicyclic) bond motifs is 1. The van der Waals surface area contributed by atoms with E-state index in [9.17, 15) is 9.18 Å². The smallest absolute Gasteiger partial charge is 0.220 e. The number of nitrogens with zero attached hydrogens (tertiary/aromatic N) is 4. The van der Waals surface area contributed by atoms with Gasteiger partial charge in [0.2, 0.25) is 5.91 Å². The molecular weight excluding hydrogens is 369 g/mol. The zero-order chi connectivity index (χ0) is 21.1. The van der Waals surface area contributed by atoms with Crippen molar-refractivity contribution in [1.29, 1.82) is 0 Å². The second-order valence-corrected chi connectivity index (χ2v) is 7.66.